The van der Waals surface area contributed by atoms with Gasteiger partial charge in [-0.15, -0.1) is 0 Å². The molecule has 2 rings (SSSR count). The first-order valence-electron chi connectivity index (χ1n) is 6.84. The first kappa shape index (κ1) is 15.9. The average Bonchev–Trinajstić information content (AvgIpc) is 3.28. The zero-order valence-corrected chi connectivity index (χ0v) is 13.6. The monoisotopic (exact) mass is 355 g/mol. The first-order valence-corrected chi connectivity index (χ1v) is 7.63. The highest BCUT2D eigenvalue weighted by Crippen LogP contribution is 2.27. The lowest BCUT2D eigenvalue weighted by atomic mass is 10.2. The molecule has 0 aromatic heterocycles. The van der Waals surface area contributed by atoms with Crippen molar-refractivity contribution in [3.63, 3.8) is 0 Å². The van der Waals surface area contributed by atoms with Crippen LogP contribution in [0.15, 0.2) is 22.7 Å². The van der Waals surface area contributed by atoms with Gasteiger partial charge >= 0.3 is 0 Å². The molecule has 1 saturated carbocycles. The number of non-ortho nitro benzene ring substituents is 1. The minimum absolute atomic E-state index is 0.0912. The maximum atomic E-state index is 12.2. The molecule has 1 fully saturated rings. The number of amides is 1. The Labute approximate surface area is 131 Å². The second-order valence-corrected chi connectivity index (χ2v) is 6.23. The molecule has 0 saturated heterocycles. The summed E-state index contributed by atoms with van der Waals surface area (Å²) in [4.78, 5) is 24.7. The summed E-state index contributed by atoms with van der Waals surface area (Å²) < 4.78 is 0.550. The number of carbonyl (C=O) groups excluding carboxylic acids is 1. The number of hydrogen-bond donors (Lipinski definition) is 1. The Morgan fingerprint density at radius 2 is 2.24 bits per heavy atom. The quantitative estimate of drug-likeness (QED) is 0.628. The van der Waals surface area contributed by atoms with E-state index in [9.17, 15) is 14.9 Å². The van der Waals surface area contributed by atoms with Crippen LogP contribution in [0.3, 0.4) is 0 Å². The molecule has 1 unspecified atom stereocenters. The van der Waals surface area contributed by atoms with Crippen molar-refractivity contribution in [3.05, 3.63) is 38.3 Å². The molecule has 0 bridgehead atoms. The van der Waals surface area contributed by atoms with Crippen LogP contribution in [0.25, 0.3) is 0 Å². The fraction of sp³-hybridized carbons (Fsp3) is 0.500. The average molecular weight is 356 g/mol. The van der Waals surface area contributed by atoms with Crippen molar-refractivity contribution in [1.82, 2.24) is 10.2 Å². The standard InChI is InChI=1S/C14H18BrN3O3/c1-9(17(2)10-3-4-10)8-16-14(19)12-7-11(18(20)21)5-6-13(12)15/h5-7,9-10H,3-4,8H2,1-2H3,(H,16,19). The molecule has 1 aliphatic carbocycles. The normalized spacial score (nSPS) is 15.8. The van der Waals surface area contributed by atoms with E-state index in [1.54, 1.807) is 0 Å². The van der Waals surface area contributed by atoms with Crippen LogP contribution in [-0.4, -0.2) is 41.4 Å². The van der Waals surface area contributed by atoms with Crippen molar-refractivity contribution < 1.29 is 9.72 Å². The Balaban J connectivity index is 1.99. The van der Waals surface area contributed by atoms with Crippen LogP contribution in [0.5, 0.6) is 0 Å². The Morgan fingerprint density at radius 3 is 2.81 bits per heavy atom. The summed E-state index contributed by atoms with van der Waals surface area (Å²) in [5.41, 5.74) is 0.192. The highest BCUT2D eigenvalue weighted by molar-refractivity contribution is 9.10. The van der Waals surface area contributed by atoms with Gasteiger partial charge in [0.25, 0.3) is 11.6 Å². The molecule has 21 heavy (non-hydrogen) atoms. The first-order chi connectivity index (χ1) is 9.90. The number of benzene rings is 1. The fourth-order valence-corrected chi connectivity index (χ4v) is 2.55. The summed E-state index contributed by atoms with van der Waals surface area (Å²) in [7, 11) is 2.05. The lowest BCUT2D eigenvalue weighted by Crippen LogP contribution is -2.41. The van der Waals surface area contributed by atoms with Gasteiger partial charge in [-0.1, -0.05) is 0 Å². The van der Waals surface area contributed by atoms with Gasteiger partial charge in [-0.05, 0) is 48.8 Å². The zero-order chi connectivity index (χ0) is 15.6. The Bertz CT molecular complexity index is 560. The van der Waals surface area contributed by atoms with E-state index < -0.39 is 4.92 Å². The van der Waals surface area contributed by atoms with Gasteiger partial charge in [0.1, 0.15) is 0 Å². The number of halogens is 1. The molecule has 0 heterocycles. The van der Waals surface area contributed by atoms with Crippen molar-refractivity contribution >= 4 is 27.5 Å². The number of nitrogens with one attached hydrogen (secondary N) is 1. The summed E-state index contributed by atoms with van der Waals surface area (Å²) in [6.07, 6.45) is 2.43. The summed E-state index contributed by atoms with van der Waals surface area (Å²) in [6.45, 7) is 2.57. The van der Waals surface area contributed by atoms with Crippen molar-refractivity contribution in [2.45, 2.75) is 31.8 Å². The highest BCUT2D eigenvalue weighted by atomic mass is 79.9. The summed E-state index contributed by atoms with van der Waals surface area (Å²) in [5, 5.41) is 13.6. The van der Waals surface area contributed by atoms with Crippen molar-refractivity contribution in [2.24, 2.45) is 0 Å². The Hall–Kier alpha value is -1.47. The van der Waals surface area contributed by atoms with Gasteiger partial charge < -0.3 is 5.32 Å². The molecule has 0 aliphatic heterocycles. The molecule has 1 aromatic carbocycles. The molecule has 1 N–H and O–H groups in total. The number of hydrogen-bond acceptors (Lipinski definition) is 4. The van der Waals surface area contributed by atoms with Crippen LogP contribution >= 0.6 is 15.9 Å². The molecule has 114 valence electrons. The highest BCUT2D eigenvalue weighted by Gasteiger charge is 2.29. The summed E-state index contributed by atoms with van der Waals surface area (Å²) >= 11 is 3.26. The van der Waals surface area contributed by atoms with E-state index in [0.29, 0.717) is 17.1 Å². The van der Waals surface area contributed by atoms with Gasteiger partial charge in [0, 0.05) is 35.2 Å². The largest absolute Gasteiger partial charge is 0.350 e. The van der Waals surface area contributed by atoms with E-state index in [0.717, 1.165) is 0 Å². The van der Waals surface area contributed by atoms with Crippen LogP contribution in [-0.2, 0) is 0 Å². The van der Waals surface area contributed by atoms with Gasteiger partial charge in [-0.25, -0.2) is 0 Å². The van der Waals surface area contributed by atoms with Crippen molar-refractivity contribution in [1.29, 1.82) is 0 Å². The minimum atomic E-state index is -0.507. The van der Waals surface area contributed by atoms with E-state index in [1.165, 1.54) is 31.0 Å². The van der Waals surface area contributed by atoms with E-state index in [4.69, 9.17) is 0 Å². The Kier molecular flexibility index (Phi) is 4.95. The van der Waals surface area contributed by atoms with Crippen LogP contribution in [0.1, 0.15) is 30.1 Å². The third-order valence-corrected chi connectivity index (χ3v) is 4.47. The third-order valence-electron chi connectivity index (χ3n) is 3.78. The molecule has 1 aromatic rings. The maximum absolute atomic E-state index is 12.2. The molecule has 6 nitrogen and oxygen atoms in total. The van der Waals surface area contributed by atoms with Crippen molar-refractivity contribution in [3.8, 4) is 0 Å². The minimum Gasteiger partial charge on any atom is -0.350 e. The number of nitrogens with zero attached hydrogens (tertiary/aromatic N) is 2. The zero-order valence-electron chi connectivity index (χ0n) is 12.0. The molecule has 7 heteroatoms. The number of likely N-dealkylation sites (N-methyl/N-ethyl adjacent to an activating group) is 1. The van der Waals surface area contributed by atoms with Crippen molar-refractivity contribution in [2.75, 3.05) is 13.6 Å². The number of carbonyl (C=O) groups is 1. The van der Waals surface area contributed by atoms with E-state index in [2.05, 4.69) is 40.1 Å². The summed E-state index contributed by atoms with van der Waals surface area (Å²) in [5.74, 6) is -0.304. The second-order valence-electron chi connectivity index (χ2n) is 5.38. The van der Waals surface area contributed by atoms with Gasteiger partial charge in [-0.2, -0.15) is 0 Å². The molecule has 0 radical (unpaired) electrons. The van der Waals surface area contributed by atoms with E-state index in [-0.39, 0.29) is 23.2 Å². The Morgan fingerprint density at radius 1 is 1.57 bits per heavy atom. The van der Waals surface area contributed by atoms with E-state index >= 15 is 0 Å². The second kappa shape index (κ2) is 6.53. The lowest BCUT2D eigenvalue weighted by molar-refractivity contribution is -0.384. The molecule has 1 atom stereocenters. The number of rotatable bonds is 6. The lowest BCUT2D eigenvalue weighted by Gasteiger charge is -2.24. The van der Waals surface area contributed by atoms with Crippen LogP contribution in [0.4, 0.5) is 5.69 Å². The van der Waals surface area contributed by atoms with E-state index in [1.807, 2.05) is 0 Å². The smallest absolute Gasteiger partial charge is 0.270 e. The molecule has 1 amide bonds. The van der Waals surface area contributed by atoms with Gasteiger partial charge in [0.2, 0.25) is 0 Å². The molecular formula is C14H18BrN3O3. The molecule has 0 spiro atoms. The van der Waals surface area contributed by atoms with Gasteiger partial charge in [-0.3, -0.25) is 19.8 Å². The number of nitro benzene ring substituents is 1. The number of nitro groups is 1. The van der Waals surface area contributed by atoms with Gasteiger partial charge in [0.15, 0.2) is 0 Å². The van der Waals surface area contributed by atoms with Gasteiger partial charge in [0.05, 0.1) is 10.5 Å². The predicted octanol–water partition coefficient (Wildman–Crippen LogP) is 2.57. The molecular weight excluding hydrogens is 338 g/mol. The predicted molar refractivity (Wildman–Crippen MR) is 83.4 cm³/mol. The molecule has 1 aliphatic rings. The van der Waals surface area contributed by atoms with Crippen LogP contribution in [0.2, 0.25) is 0 Å². The fourth-order valence-electron chi connectivity index (χ4n) is 2.12. The SMILES string of the molecule is CC(CNC(=O)c1cc([N+](=O)[O-])ccc1Br)N(C)C1CC1. The third kappa shape index (κ3) is 4.01. The topological polar surface area (TPSA) is 75.5 Å². The summed E-state index contributed by atoms with van der Waals surface area (Å²) in [6, 6.07) is 5.03. The van der Waals surface area contributed by atoms with Crippen LogP contribution in [0, 0.1) is 10.1 Å². The van der Waals surface area contributed by atoms with Crippen LogP contribution < -0.4 is 5.32 Å². The maximum Gasteiger partial charge on any atom is 0.270 e.